The largest absolute Gasteiger partial charge is 0.497 e. The van der Waals surface area contributed by atoms with Gasteiger partial charge < -0.3 is 14.8 Å². The Balaban J connectivity index is 1.62. The predicted octanol–water partition coefficient (Wildman–Crippen LogP) is 4.07. The van der Waals surface area contributed by atoms with E-state index in [1.807, 2.05) is 60.7 Å². The van der Waals surface area contributed by atoms with Crippen LogP contribution in [0.3, 0.4) is 0 Å². The van der Waals surface area contributed by atoms with Crippen molar-refractivity contribution in [2.45, 2.75) is 12.8 Å². The topological polar surface area (TPSA) is 60.5 Å². The quantitative estimate of drug-likeness (QED) is 0.649. The number of pyridine rings is 1. The molecule has 0 spiro atoms. The minimum Gasteiger partial charge on any atom is -0.497 e. The lowest BCUT2D eigenvalue weighted by Gasteiger charge is -2.11. The molecule has 1 N–H and O–H groups in total. The van der Waals surface area contributed by atoms with E-state index in [0.717, 1.165) is 22.6 Å². The standard InChI is InChI=1S/C24H22N2O3/c1-28-22-12-13-23(29-2)19(17-22)10-14-24(27)26-21-8-5-6-18(16-21)9-11-20-7-3-4-15-25-20/h3-8,12-13,15-17H,10,14H2,1-2H3,(H,26,27). The maximum Gasteiger partial charge on any atom is 0.224 e. The minimum absolute atomic E-state index is 0.0790. The Morgan fingerprint density at radius 2 is 1.90 bits per heavy atom. The highest BCUT2D eigenvalue weighted by atomic mass is 16.5. The van der Waals surface area contributed by atoms with Crippen molar-refractivity contribution in [3.63, 3.8) is 0 Å². The van der Waals surface area contributed by atoms with Gasteiger partial charge in [0.15, 0.2) is 0 Å². The number of hydrogen-bond acceptors (Lipinski definition) is 4. The van der Waals surface area contributed by atoms with Crippen LogP contribution < -0.4 is 14.8 Å². The van der Waals surface area contributed by atoms with Gasteiger partial charge in [-0.15, -0.1) is 0 Å². The van der Waals surface area contributed by atoms with Crippen molar-refractivity contribution in [3.05, 3.63) is 83.7 Å². The molecule has 0 aliphatic rings. The molecule has 1 aromatic heterocycles. The molecule has 0 saturated heterocycles. The summed E-state index contributed by atoms with van der Waals surface area (Å²) in [5.74, 6) is 7.48. The van der Waals surface area contributed by atoms with Crippen LogP contribution in [0.25, 0.3) is 0 Å². The summed E-state index contributed by atoms with van der Waals surface area (Å²) in [5.41, 5.74) is 3.15. The van der Waals surface area contributed by atoms with Crippen LogP contribution >= 0.6 is 0 Å². The van der Waals surface area contributed by atoms with Gasteiger partial charge in [-0.05, 0) is 66.4 Å². The molecule has 0 radical (unpaired) electrons. The molecule has 0 atom stereocenters. The van der Waals surface area contributed by atoms with Crippen LogP contribution in [0.1, 0.15) is 23.2 Å². The van der Waals surface area contributed by atoms with Crippen molar-refractivity contribution in [2.75, 3.05) is 19.5 Å². The molecule has 29 heavy (non-hydrogen) atoms. The molecule has 5 heteroatoms. The second-order valence-electron chi connectivity index (χ2n) is 6.27. The second-order valence-corrected chi connectivity index (χ2v) is 6.27. The van der Waals surface area contributed by atoms with Gasteiger partial charge in [0, 0.05) is 23.9 Å². The van der Waals surface area contributed by atoms with Crippen LogP contribution in [0.2, 0.25) is 0 Å². The fraction of sp³-hybridized carbons (Fsp3) is 0.167. The lowest BCUT2D eigenvalue weighted by molar-refractivity contribution is -0.116. The molecule has 0 fully saturated rings. The van der Waals surface area contributed by atoms with Crippen molar-refractivity contribution < 1.29 is 14.3 Å². The van der Waals surface area contributed by atoms with E-state index in [-0.39, 0.29) is 5.91 Å². The number of amides is 1. The van der Waals surface area contributed by atoms with Crippen LogP contribution in [0.4, 0.5) is 5.69 Å². The molecular formula is C24H22N2O3. The normalized spacial score (nSPS) is 9.86. The first-order chi connectivity index (χ1) is 14.2. The van der Waals surface area contributed by atoms with E-state index in [9.17, 15) is 4.79 Å². The minimum atomic E-state index is -0.0790. The number of methoxy groups -OCH3 is 2. The Hall–Kier alpha value is -3.78. The fourth-order valence-corrected chi connectivity index (χ4v) is 2.80. The molecule has 3 aromatic rings. The molecular weight excluding hydrogens is 364 g/mol. The Kier molecular flexibility index (Phi) is 6.85. The summed E-state index contributed by atoms with van der Waals surface area (Å²) < 4.78 is 10.6. The van der Waals surface area contributed by atoms with E-state index >= 15 is 0 Å². The summed E-state index contributed by atoms with van der Waals surface area (Å²) in [5, 5.41) is 2.92. The number of aryl methyl sites for hydroxylation is 1. The second kappa shape index (κ2) is 9.95. The van der Waals surface area contributed by atoms with Crippen LogP contribution in [-0.2, 0) is 11.2 Å². The molecule has 0 saturated carbocycles. The van der Waals surface area contributed by atoms with E-state index in [0.29, 0.717) is 24.2 Å². The molecule has 146 valence electrons. The Bertz CT molecular complexity index is 1040. The SMILES string of the molecule is COc1ccc(OC)c(CCC(=O)Nc2cccc(C#Cc3ccccn3)c2)c1. The zero-order valence-corrected chi connectivity index (χ0v) is 16.4. The van der Waals surface area contributed by atoms with Crippen LogP contribution in [0.5, 0.6) is 11.5 Å². The number of hydrogen-bond donors (Lipinski definition) is 1. The van der Waals surface area contributed by atoms with Gasteiger partial charge in [0.1, 0.15) is 17.2 Å². The monoisotopic (exact) mass is 386 g/mol. The molecule has 3 rings (SSSR count). The van der Waals surface area contributed by atoms with Crippen molar-refractivity contribution in [3.8, 4) is 23.3 Å². The van der Waals surface area contributed by atoms with E-state index in [4.69, 9.17) is 9.47 Å². The van der Waals surface area contributed by atoms with Crippen molar-refractivity contribution in [1.29, 1.82) is 0 Å². The number of ether oxygens (including phenoxy) is 2. The predicted molar refractivity (Wildman–Crippen MR) is 113 cm³/mol. The zero-order valence-electron chi connectivity index (χ0n) is 16.4. The summed E-state index contributed by atoms with van der Waals surface area (Å²) in [4.78, 5) is 16.6. The van der Waals surface area contributed by atoms with Crippen molar-refractivity contribution >= 4 is 11.6 Å². The zero-order chi connectivity index (χ0) is 20.5. The molecule has 1 amide bonds. The summed E-state index contributed by atoms with van der Waals surface area (Å²) in [6.45, 7) is 0. The first-order valence-corrected chi connectivity index (χ1v) is 9.22. The highest BCUT2D eigenvalue weighted by Gasteiger charge is 2.09. The van der Waals surface area contributed by atoms with E-state index in [1.165, 1.54) is 0 Å². The Labute approximate surface area is 170 Å². The summed E-state index contributed by atoms with van der Waals surface area (Å²) in [7, 11) is 3.23. The molecule has 5 nitrogen and oxygen atoms in total. The maximum absolute atomic E-state index is 12.4. The van der Waals surface area contributed by atoms with E-state index in [1.54, 1.807) is 20.4 Å². The third-order valence-corrected chi connectivity index (χ3v) is 4.26. The smallest absolute Gasteiger partial charge is 0.224 e. The number of benzene rings is 2. The van der Waals surface area contributed by atoms with Gasteiger partial charge in [0.05, 0.1) is 14.2 Å². The van der Waals surface area contributed by atoms with Gasteiger partial charge in [-0.1, -0.05) is 18.1 Å². The molecule has 0 aliphatic carbocycles. The summed E-state index contributed by atoms with van der Waals surface area (Å²) >= 11 is 0. The molecule has 0 unspecified atom stereocenters. The van der Waals surface area contributed by atoms with Crippen molar-refractivity contribution in [2.24, 2.45) is 0 Å². The average Bonchev–Trinajstić information content (AvgIpc) is 2.77. The van der Waals surface area contributed by atoms with Gasteiger partial charge >= 0.3 is 0 Å². The number of rotatable bonds is 6. The first kappa shape index (κ1) is 20.0. The third kappa shape index (κ3) is 5.85. The molecule has 0 bridgehead atoms. The molecule has 1 heterocycles. The number of nitrogens with zero attached hydrogens (tertiary/aromatic N) is 1. The Morgan fingerprint density at radius 1 is 1.00 bits per heavy atom. The number of nitrogens with one attached hydrogen (secondary N) is 1. The van der Waals surface area contributed by atoms with Gasteiger partial charge in [-0.2, -0.15) is 0 Å². The van der Waals surface area contributed by atoms with Crippen LogP contribution in [0.15, 0.2) is 66.9 Å². The summed E-state index contributed by atoms with van der Waals surface area (Å²) in [6.07, 6.45) is 2.58. The number of aromatic nitrogens is 1. The lowest BCUT2D eigenvalue weighted by Crippen LogP contribution is -2.12. The van der Waals surface area contributed by atoms with Crippen LogP contribution in [0, 0.1) is 11.8 Å². The van der Waals surface area contributed by atoms with Gasteiger partial charge in [0.25, 0.3) is 0 Å². The third-order valence-electron chi connectivity index (χ3n) is 4.26. The molecule has 0 aliphatic heterocycles. The first-order valence-electron chi connectivity index (χ1n) is 9.22. The maximum atomic E-state index is 12.4. The fourth-order valence-electron chi connectivity index (χ4n) is 2.80. The number of anilines is 1. The highest BCUT2D eigenvalue weighted by Crippen LogP contribution is 2.25. The Morgan fingerprint density at radius 3 is 2.66 bits per heavy atom. The summed E-state index contributed by atoms with van der Waals surface area (Å²) in [6, 6.07) is 18.6. The lowest BCUT2D eigenvalue weighted by atomic mass is 10.1. The van der Waals surface area contributed by atoms with Crippen molar-refractivity contribution in [1.82, 2.24) is 4.98 Å². The van der Waals surface area contributed by atoms with Gasteiger partial charge in [0.2, 0.25) is 5.91 Å². The van der Waals surface area contributed by atoms with Gasteiger partial charge in [-0.25, -0.2) is 4.98 Å². The number of carbonyl (C=O) groups excluding carboxylic acids is 1. The number of carbonyl (C=O) groups is 1. The van der Waals surface area contributed by atoms with E-state index in [2.05, 4.69) is 22.1 Å². The van der Waals surface area contributed by atoms with Crippen LogP contribution in [-0.4, -0.2) is 25.1 Å². The highest BCUT2D eigenvalue weighted by molar-refractivity contribution is 5.91. The van der Waals surface area contributed by atoms with Gasteiger partial charge in [-0.3, -0.25) is 4.79 Å². The van der Waals surface area contributed by atoms with E-state index < -0.39 is 0 Å². The molecule has 2 aromatic carbocycles. The average molecular weight is 386 g/mol.